The van der Waals surface area contributed by atoms with Gasteiger partial charge in [-0.2, -0.15) is 0 Å². The van der Waals surface area contributed by atoms with Crippen LogP contribution in [0.3, 0.4) is 0 Å². The molecule has 0 saturated carbocycles. The second kappa shape index (κ2) is 7.15. The third kappa shape index (κ3) is 3.84. The Morgan fingerprint density at radius 1 is 0.957 bits per heavy atom. The average molecular weight is 326 g/mol. The fourth-order valence-corrected chi connectivity index (χ4v) is 3.59. The van der Waals surface area contributed by atoms with Crippen molar-refractivity contribution in [3.63, 3.8) is 0 Å². The van der Waals surface area contributed by atoms with Crippen LogP contribution < -0.4 is 0 Å². The second-order valence-corrected chi connectivity index (χ2v) is 6.67. The predicted molar refractivity (Wildman–Crippen MR) is 81.9 cm³/mol. The minimum atomic E-state index is -0.596. The fourth-order valence-electron chi connectivity index (χ4n) is 3.59. The summed E-state index contributed by atoms with van der Waals surface area (Å²) in [6.45, 7) is 6.48. The molecule has 1 spiro atoms. The van der Waals surface area contributed by atoms with Gasteiger partial charge in [-0.3, -0.25) is 9.59 Å². The first-order valence-corrected chi connectivity index (χ1v) is 8.43. The van der Waals surface area contributed by atoms with Crippen LogP contribution in [0.2, 0.25) is 0 Å². The van der Waals surface area contributed by atoms with E-state index in [1.54, 1.807) is 11.8 Å². The van der Waals surface area contributed by atoms with Crippen LogP contribution in [0, 0.1) is 5.92 Å². The summed E-state index contributed by atoms with van der Waals surface area (Å²) in [5.41, 5.74) is -0.596. The predicted octanol–water partition coefficient (Wildman–Crippen LogP) is -0.111. The zero-order valence-electron chi connectivity index (χ0n) is 13.8. The number of nitrogens with zero attached hydrogens (tertiary/aromatic N) is 2. The number of hydrogen-bond donors (Lipinski definition) is 0. The maximum absolute atomic E-state index is 12.8. The van der Waals surface area contributed by atoms with Gasteiger partial charge in [0, 0.05) is 39.1 Å². The summed E-state index contributed by atoms with van der Waals surface area (Å²) >= 11 is 0. The van der Waals surface area contributed by atoms with Crippen LogP contribution in [0.4, 0.5) is 0 Å². The maximum atomic E-state index is 12.8. The first kappa shape index (κ1) is 16.7. The van der Waals surface area contributed by atoms with Gasteiger partial charge in [0.1, 0.15) is 5.60 Å². The van der Waals surface area contributed by atoms with Crippen LogP contribution in [0.5, 0.6) is 0 Å². The molecular formula is C16H26N2O5. The van der Waals surface area contributed by atoms with Gasteiger partial charge in [0.2, 0.25) is 11.8 Å². The van der Waals surface area contributed by atoms with Crippen LogP contribution in [0.25, 0.3) is 0 Å². The first-order chi connectivity index (χ1) is 11.1. The molecule has 0 unspecified atom stereocenters. The lowest BCUT2D eigenvalue weighted by molar-refractivity contribution is -0.167. The zero-order chi connectivity index (χ0) is 16.3. The van der Waals surface area contributed by atoms with E-state index < -0.39 is 5.60 Å². The van der Waals surface area contributed by atoms with Gasteiger partial charge in [-0.25, -0.2) is 0 Å². The highest BCUT2D eigenvalue weighted by Crippen LogP contribution is 2.26. The van der Waals surface area contributed by atoms with Crippen molar-refractivity contribution in [3.05, 3.63) is 0 Å². The summed E-state index contributed by atoms with van der Waals surface area (Å²) in [4.78, 5) is 28.2. The summed E-state index contributed by atoms with van der Waals surface area (Å²) in [6, 6.07) is 0. The van der Waals surface area contributed by atoms with E-state index in [0.717, 1.165) is 12.8 Å². The second-order valence-electron chi connectivity index (χ2n) is 6.67. The number of carbonyl (C=O) groups excluding carboxylic acids is 2. The lowest BCUT2D eigenvalue weighted by atomic mass is 9.96. The van der Waals surface area contributed by atoms with Crippen LogP contribution in [-0.4, -0.2) is 86.4 Å². The van der Waals surface area contributed by atoms with Crippen molar-refractivity contribution in [1.29, 1.82) is 0 Å². The van der Waals surface area contributed by atoms with Gasteiger partial charge in [-0.1, -0.05) is 0 Å². The van der Waals surface area contributed by atoms with E-state index in [1.807, 2.05) is 4.90 Å². The molecule has 2 amide bonds. The van der Waals surface area contributed by atoms with Crippen molar-refractivity contribution in [1.82, 2.24) is 9.80 Å². The van der Waals surface area contributed by atoms with Crippen LogP contribution in [0.15, 0.2) is 0 Å². The molecule has 3 saturated heterocycles. The molecule has 3 fully saturated rings. The number of morpholine rings is 1. The summed E-state index contributed by atoms with van der Waals surface area (Å²) < 4.78 is 17.0. The van der Waals surface area contributed by atoms with E-state index in [4.69, 9.17) is 14.2 Å². The Morgan fingerprint density at radius 3 is 2.39 bits per heavy atom. The molecule has 130 valence electrons. The topological polar surface area (TPSA) is 68.3 Å². The minimum Gasteiger partial charge on any atom is -0.381 e. The van der Waals surface area contributed by atoms with E-state index in [1.165, 1.54) is 0 Å². The van der Waals surface area contributed by atoms with Gasteiger partial charge in [0.25, 0.3) is 0 Å². The SMILES string of the molecule is CC(=O)N1CCOC[C@]2(C1)CN(C(=O)C1CCOCC1)CCO2. The van der Waals surface area contributed by atoms with E-state index in [0.29, 0.717) is 59.2 Å². The van der Waals surface area contributed by atoms with E-state index in [-0.39, 0.29) is 17.7 Å². The van der Waals surface area contributed by atoms with Gasteiger partial charge < -0.3 is 24.0 Å². The number of rotatable bonds is 1. The third-order valence-corrected chi connectivity index (χ3v) is 4.93. The molecule has 0 aromatic carbocycles. The molecule has 3 rings (SSSR count). The van der Waals surface area contributed by atoms with Gasteiger partial charge >= 0.3 is 0 Å². The Balaban J connectivity index is 1.68. The molecule has 23 heavy (non-hydrogen) atoms. The van der Waals surface area contributed by atoms with Gasteiger partial charge in [-0.15, -0.1) is 0 Å². The van der Waals surface area contributed by atoms with Crippen molar-refractivity contribution in [2.75, 3.05) is 59.2 Å². The van der Waals surface area contributed by atoms with Gasteiger partial charge in [-0.05, 0) is 12.8 Å². The molecule has 7 nitrogen and oxygen atoms in total. The minimum absolute atomic E-state index is 0.0198. The molecule has 3 heterocycles. The maximum Gasteiger partial charge on any atom is 0.226 e. The normalized spacial score (nSPS) is 30.3. The molecule has 3 aliphatic rings. The van der Waals surface area contributed by atoms with E-state index >= 15 is 0 Å². The van der Waals surface area contributed by atoms with Crippen molar-refractivity contribution in [3.8, 4) is 0 Å². The lowest BCUT2D eigenvalue weighted by Gasteiger charge is -2.44. The Bertz CT molecular complexity index is 452. The number of hydrogen-bond acceptors (Lipinski definition) is 5. The number of ether oxygens (including phenoxy) is 3. The Morgan fingerprint density at radius 2 is 1.65 bits per heavy atom. The van der Waals surface area contributed by atoms with Crippen LogP contribution >= 0.6 is 0 Å². The molecule has 0 N–H and O–H groups in total. The highest BCUT2D eigenvalue weighted by molar-refractivity contribution is 5.79. The monoisotopic (exact) mass is 326 g/mol. The Hall–Kier alpha value is -1.18. The smallest absolute Gasteiger partial charge is 0.226 e. The molecule has 7 heteroatoms. The van der Waals surface area contributed by atoms with Gasteiger partial charge in [0.15, 0.2) is 0 Å². The third-order valence-electron chi connectivity index (χ3n) is 4.93. The zero-order valence-corrected chi connectivity index (χ0v) is 13.8. The van der Waals surface area contributed by atoms with Crippen LogP contribution in [-0.2, 0) is 23.8 Å². The van der Waals surface area contributed by atoms with Crippen molar-refractivity contribution >= 4 is 11.8 Å². The summed E-state index contributed by atoms with van der Waals surface area (Å²) in [6.07, 6.45) is 1.58. The summed E-state index contributed by atoms with van der Waals surface area (Å²) in [5.74, 6) is 0.260. The number of amides is 2. The largest absolute Gasteiger partial charge is 0.381 e. The van der Waals surface area contributed by atoms with Crippen LogP contribution in [0.1, 0.15) is 19.8 Å². The molecule has 0 aromatic heterocycles. The van der Waals surface area contributed by atoms with E-state index in [9.17, 15) is 9.59 Å². The number of carbonyl (C=O) groups is 2. The molecule has 0 aliphatic carbocycles. The first-order valence-electron chi connectivity index (χ1n) is 8.43. The fraction of sp³-hybridized carbons (Fsp3) is 0.875. The molecular weight excluding hydrogens is 300 g/mol. The Kier molecular flexibility index (Phi) is 5.18. The van der Waals surface area contributed by atoms with Gasteiger partial charge in [0.05, 0.1) is 32.9 Å². The summed E-state index contributed by atoms with van der Waals surface area (Å²) in [5, 5.41) is 0. The van der Waals surface area contributed by atoms with E-state index in [2.05, 4.69) is 0 Å². The summed E-state index contributed by atoms with van der Waals surface area (Å²) in [7, 11) is 0. The van der Waals surface area contributed by atoms with Crippen molar-refractivity contribution < 1.29 is 23.8 Å². The molecule has 0 bridgehead atoms. The van der Waals surface area contributed by atoms with Crippen molar-refractivity contribution in [2.45, 2.75) is 25.4 Å². The molecule has 0 aromatic rings. The molecule has 1 atom stereocenters. The highest BCUT2D eigenvalue weighted by atomic mass is 16.5. The Labute approximate surface area is 136 Å². The highest BCUT2D eigenvalue weighted by Gasteiger charge is 2.43. The van der Waals surface area contributed by atoms with Crippen molar-refractivity contribution in [2.24, 2.45) is 5.92 Å². The average Bonchev–Trinajstić information content (AvgIpc) is 2.78. The lowest BCUT2D eigenvalue weighted by Crippen LogP contribution is -2.61. The quantitative estimate of drug-likeness (QED) is 0.672. The molecule has 3 aliphatic heterocycles. The standard InChI is InChI=1S/C16H26N2O5/c1-13(19)17-4-8-22-12-16(10-17)11-18(5-9-23-16)15(20)14-2-6-21-7-3-14/h14H,2-12H2,1H3/t16-/m0/s1. The molecule has 0 radical (unpaired) electrons.